The third kappa shape index (κ3) is 3.54. The van der Waals surface area contributed by atoms with Gasteiger partial charge >= 0.3 is 0 Å². The van der Waals surface area contributed by atoms with Crippen molar-refractivity contribution in [2.45, 2.75) is 0 Å². The average molecular weight is 330 g/mol. The van der Waals surface area contributed by atoms with E-state index in [-0.39, 0.29) is 11.8 Å². The maximum Gasteiger partial charge on any atom is 0.255 e. The molecule has 2 aromatic heterocycles. The molecule has 0 radical (unpaired) electrons. The van der Waals surface area contributed by atoms with Gasteiger partial charge < -0.3 is 10.2 Å². The number of rotatable bonds is 4. The molecule has 1 aliphatic rings. The highest BCUT2D eigenvalue weighted by Crippen LogP contribution is 2.13. The van der Waals surface area contributed by atoms with E-state index in [1.54, 1.807) is 24.1 Å². The van der Waals surface area contributed by atoms with E-state index >= 15 is 0 Å². The molecule has 0 atom stereocenters. The molecular formula is C14H18N8O2. The molecule has 2 amide bonds. The molecule has 3 heterocycles. The molecule has 3 rings (SSSR count). The van der Waals surface area contributed by atoms with Gasteiger partial charge in [-0.3, -0.25) is 19.5 Å². The fraction of sp³-hybridized carbons (Fsp3) is 0.429. The number of carbonyl (C=O) groups excluding carboxylic acids is 2. The number of aromatic amines is 1. The number of amides is 2. The van der Waals surface area contributed by atoms with Crippen LogP contribution >= 0.6 is 0 Å². The lowest BCUT2D eigenvalue weighted by Crippen LogP contribution is -2.50. The van der Waals surface area contributed by atoms with Crippen LogP contribution in [0.1, 0.15) is 10.4 Å². The number of likely N-dealkylation sites (N-methyl/N-ethyl adjacent to an activating group) is 1. The van der Waals surface area contributed by atoms with Gasteiger partial charge in [-0.05, 0) is 17.3 Å². The van der Waals surface area contributed by atoms with Gasteiger partial charge in [0.05, 0.1) is 12.1 Å². The Morgan fingerprint density at radius 3 is 2.62 bits per heavy atom. The molecule has 0 bridgehead atoms. The summed E-state index contributed by atoms with van der Waals surface area (Å²) in [5.74, 6) is 0.301. The van der Waals surface area contributed by atoms with E-state index < -0.39 is 0 Å². The number of pyridine rings is 1. The zero-order chi connectivity index (χ0) is 16.9. The van der Waals surface area contributed by atoms with Gasteiger partial charge in [0.15, 0.2) is 0 Å². The van der Waals surface area contributed by atoms with E-state index in [2.05, 4.69) is 30.9 Å². The van der Waals surface area contributed by atoms with Crippen LogP contribution in [0.25, 0.3) is 11.5 Å². The molecule has 2 aromatic rings. The van der Waals surface area contributed by atoms with Gasteiger partial charge in [0, 0.05) is 39.4 Å². The highest BCUT2D eigenvalue weighted by Gasteiger charge is 2.23. The molecule has 0 spiro atoms. The molecule has 2 N–H and O–H groups in total. The molecule has 1 aliphatic heterocycles. The molecular weight excluding hydrogens is 312 g/mol. The number of aromatic nitrogens is 5. The number of H-pyrrole nitrogens is 1. The van der Waals surface area contributed by atoms with E-state index in [1.807, 2.05) is 4.90 Å². The minimum absolute atomic E-state index is 0.0176. The largest absolute Gasteiger partial charge is 0.358 e. The Hall–Kier alpha value is -2.88. The Kier molecular flexibility index (Phi) is 4.75. The highest BCUT2D eigenvalue weighted by molar-refractivity contribution is 5.94. The van der Waals surface area contributed by atoms with Gasteiger partial charge in [-0.15, -0.1) is 10.2 Å². The van der Waals surface area contributed by atoms with Crippen molar-refractivity contribution in [3.8, 4) is 11.5 Å². The van der Waals surface area contributed by atoms with Gasteiger partial charge in [0.25, 0.3) is 5.91 Å². The molecule has 126 valence electrons. The zero-order valence-corrected chi connectivity index (χ0v) is 13.3. The standard InChI is InChI=1S/C14H18N8O2/c1-15-12(23)9-21-4-6-22(7-5-21)14(24)10-2-3-11(16-8-10)13-17-19-20-18-13/h2-3,8H,4-7,9H2,1H3,(H,15,23)(H,17,18,19,20). The van der Waals surface area contributed by atoms with Gasteiger partial charge in [-0.25, -0.2) is 0 Å². The van der Waals surface area contributed by atoms with Crippen molar-refractivity contribution in [2.24, 2.45) is 0 Å². The first-order valence-electron chi connectivity index (χ1n) is 7.59. The summed E-state index contributed by atoms with van der Waals surface area (Å²) in [5, 5.41) is 16.1. The van der Waals surface area contributed by atoms with E-state index in [9.17, 15) is 9.59 Å². The number of carbonyl (C=O) groups is 2. The van der Waals surface area contributed by atoms with Crippen LogP contribution < -0.4 is 5.32 Å². The van der Waals surface area contributed by atoms with Crippen molar-refractivity contribution in [1.82, 2.24) is 40.7 Å². The zero-order valence-electron chi connectivity index (χ0n) is 13.3. The second-order valence-electron chi connectivity index (χ2n) is 5.41. The summed E-state index contributed by atoms with van der Waals surface area (Å²) < 4.78 is 0. The molecule has 1 fully saturated rings. The molecule has 0 unspecified atom stereocenters. The second kappa shape index (κ2) is 7.13. The monoisotopic (exact) mass is 330 g/mol. The number of nitrogens with zero attached hydrogens (tertiary/aromatic N) is 6. The van der Waals surface area contributed by atoms with Crippen molar-refractivity contribution in [2.75, 3.05) is 39.8 Å². The minimum Gasteiger partial charge on any atom is -0.358 e. The summed E-state index contributed by atoms with van der Waals surface area (Å²) >= 11 is 0. The van der Waals surface area contributed by atoms with Gasteiger partial charge in [0.2, 0.25) is 11.7 Å². The van der Waals surface area contributed by atoms with Gasteiger partial charge in [-0.2, -0.15) is 5.21 Å². The Morgan fingerprint density at radius 1 is 1.25 bits per heavy atom. The van der Waals surface area contributed by atoms with Crippen LogP contribution in [0.2, 0.25) is 0 Å². The molecule has 0 aromatic carbocycles. The molecule has 0 saturated carbocycles. The summed E-state index contributed by atoms with van der Waals surface area (Å²) in [5.41, 5.74) is 1.07. The van der Waals surface area contributed by atoms with Crippen molar-refractivity contribution < 1.29 is 9.59 Å². The molecule has 10 heteroatoms. The first-order valence-corrected chi connectivity index (χ1v) is 7.59. The van der Waals surface area contributed by atoms with E-state index in [0.29, 0.717) is 49.8 Å². The third-order valence-corrected chi connectivity index (χ3v) is 3.89. The molecule has 10 nitrogen and oxygen atoms in total. The van der Waals surface area contributed by atoms with Gasteiger partial charge in [0.1, 0.15) is 5.69 Å². The summed E-state index contributed by atoms with van der Waals surface area (Å²) in [4.78, 5) is 31.9. The van der Waals surface area contributed by atoms with Crippen LogP contribution in [0.3, 0.4) is 0 Å². The SMILES string of the molecule is CNC(=O)CN1CCN(C(=O)c2ccc(-c3nn[nH]n3)nc2)CC1. The maximum absolute atomic E-state index is 12.5. The maximum atomic E-state index is 12.5. The predicted octanol–water partition coefficient (Wildman–Crippen LogP) is -1.23. The Balaban J connectivity index is 1.58. The second-order valence-corrected chi connectivity index (χ2v) is 5.41. The summed E-state index contributed by atoms with van der Waals surface area (Å²) in [6, 6.07) is 3.40. The Bertz CT molecular complexity index is 692. The number of tetrazole rings is 1. The number of hydrogen-bond acceptors (Lipinski definition) is 7. The fourth-order valence-electron chi connectivity index (χ4n) is 2.50. The van der Waals surface area contributed by atoms with E-state index in [0.717, 1.165) is 0 Å². The van der Waals surface area contributed by atoms with Crippen molar-refractivity contribution in [3.05, 3.63) is 23.9 Å². The highest BCUT2D eigenvalue weighted by atomic mass is 16.2. The minimum atomic E-state index is -0.0678. The number of piperazine rings is 1. The number of nitrogens with one attached hydrogen (secondary N) is 2. The number of hydrogen-bond donors (Lipinski definition) is 2. The third-order valence-electron chi connectivity index (χ3n) is 3.89. The van der Waals surface area contributed by atoms with Crippen LogP contribution in [0, 0.1) is 0 Å². The smallest absolute Gasteiger partial charge is 0.255 e. The summed E-state index contributed by atoms with van der Waals surface area (Å²) in [6.07, 6.45) is 1.52. The molecule has 24 heavy (non-hydrogen) atoms. The lowest BCUT2D eigenvalue weighted by molar-refractivity contribution is -0.122. The van der Waals surface area contributed by atoms with Crippen molar-refractivity contribution >= 4 is 11.8 Å². The first-order chi connectivity index (χ1) is 11.7. The first kappa shape index (κ1) is 16.0. The van der Waals surface area contributed by atoms with Crippen LogP contribution in [0.4, 0.5) is 0 Å². The molecule has 0 aliphatic carbocycles. The quantitative estimate of drug-likeness (QED) is 0.720. The van der Waals surface area contributed by atoms with Crippen LogP contribution in [-0.4, -0.2) is 87.0 Å². The predicted molar refractivity (Wildman–Crippen MR) is 83.8 cm³/mol. The van der Waals surface area contributed by atoms with Crippen LogP contribution in [-0.2, 0) is 4.79 Å². The topological polar surface area (TPSA) is 120 Å². The van der Waals surface area contributed by atoms with E-state index in [4.69, 9.17) is 0 Å². The summed E-state index contributed by atoms with van der Waals surface area (Å²) in [7, 11) is 1.62. The van der Waals surface area contributed by atoms with E-state index in [1.165, 1.54) is 6.20 Å². The average Bonchev–Trinajstić information content (AvgIpc) is 3.16. The fourth-order valence-corrected chi connectivity index (χ4v) is 2.50. The van der Waals surface area contributed by atoms with Crippen LogP contribution in [0.5, 0.6) is 0 Å². The normalized spacial score (nSPS) is 15.3. The van der Waals surface area contributed by atoms with Crippen molar-refractivity contribution in [3.63, 3.8) is 0 Å². The Labute approximate surface area is 138 Å². The molecule has 1 saturated heterocycles. The van der Waals surface area contributed by atoms with Gasteiger partial charge in [-0.1, -0.05) is 0 Å². The Morgan fingerprint density at radius 2 is 2.04 bits per heavy atom. The lowest BCUT2D eigenvalue weighted by atomic mass is 10.2. The van der Waals surface area contributed by atoms with Crippen molar-refractivity contribution in [1.29, 1.82) is 0 Å². The van der Waals surface area contributed by atoms with Crippen LogP contribution in [0.15, 0.2) is 18.3 Å². The lowest BCUT2D eigenvalue weighted by Gasteiger charge is -2.34. The summed E-state index contributed by atoms with van der Waals surface area (Å²) in [6.45, 7) is 2.88.